The predicted octanol–water partition coefficient (Wildman–Crippen LogP) is 2.62. The SMILES string of the molecule is COc1ccccc1CNCC1(O)CCc2ccccc21. The zero-order valence-electron chi connectivity index (χ0n) is 12.3. The van der Waals surface area contributed by atoms with Crippen molar-refractivity contribution in [1.29, 1.82) is 0 Å². The molecule has 2 aromatic rings. The van der Waals surface area contributed by atoms with Gasteiger partial charge in [-0.05, 0) is 30.0 Å². The fraction of sp³-hybridized carbons (Fsp3) is 0.333. The van der Waals surface area contributed by atoms with E-state index >= 15 is 0 Å². The lowest BCUT2D eigenvalue weighted by molar-refractivity contribution is 0.0384. The van der Waals surface area contributed by atoms with E-state index < -0.39 is 5.60 Å². The molecule has 0 spiro atoms. The highest BCUT2D eigenvalue weighted by atomic mass is 16.5. The summed E-state index contributed by atoms with van der Waals surface area (Å²) in [6.45, 7) is 1.25. The molecular weight excluding hydrogens is 262 g/mol. The second-order valence-electron chi connectivity index (χ2n) is 5.60. The van der Waals surface area contributed by atoms with Gasteiger partial charge in [-0.2, -0.15) is 0 Å². The van der Waals surface area contributed by atoms with Crippen molar-refractivity contribution >= 4 is 0 Å². The number of hydrogen-bond acceptors (Lipinski definition) is 3. The number of ether oxygens (including phenoxy) is 1. The third-order valence-corrected chi connectivity index (χ3v) is 4.25. The minimum Gasteiger partial charge on any atom is -0.496 e. The molecule has 0 bridgehead atoms. The van der Waals surface area contributed by atoms with Crippen LogP contribution < -0.4 is 10.1 Å². The average molecular weight is 283 g/mol. The lowest BCUT2D eigenvalue weighted by atomic mass is 9.96. The second-order valence-corrected chi connectivity index (χ2v) is 5.60. The van der Waals surface area contributed by atoms with Crippen LogP contribution in [0.3, 0.4) is 0 Å². The van der Waals surface area contributed by atoms with Crippen molar-refractivity contribution in [1.82, 2.24) is 5.32 Å². The molecule has 2 N–H and O–H groups in total. The summed E-state index contributed by atoms with van der Waals surface area (Å²) in [5.74, 6) is 0.879. The van der Waals surface area contributed by atoms with Gasteiger partial charge < -0.3 is 15.2 Å². The maximum atomic E-state index is 10.9. The first-order valence-corrected chi connectivity index (χ1v) is 7.36. The highest BCUT2D eigenvalue weighted by Crippen LogP contribution is 2.36. The van der Waals surface area contributed by atoms with Gasteiger partial charge in [0.25, 0.3) is 0 Å². The van der Waals surface area contributed by atoms with Gasteiger partial charge in [-0.3, -0.25) is 0 Å². The maximum absolute atomic E-state index is 10.9. The van der Waals surface area contributed by atoms with Crippen molar-refractivity contribution in [3.8, 4) is 5.75 Å². The Labute approximate surface area is 125 Å². The number of methoxy groups -OCH3 is 1. The van der Waals surface area contributed by atoms with E-state index in [0.717, 1.165) is 29.7 Å². The van der Waals surface area contributed by atoms with E-state index in [9.17, 15) is 5.11 Å². The quantitative estimate of drug-likeness (QED) is 0.886. The molecule has 2 aromatic carbocycles. The molecule has 0 saturated heterocycles. The summed E-state index contributed by atoms with van der Waals surface area (Å²) in [6, 6.07) is 16.1. The Morgan fingerprint density at radius 1 is 1.14 bits per heavy atom. The van der Waals surface area contributed by atoms with Gasteiger partial charge in [-0.15, -0.1) is 0 Å². The minimum atomic E-state index is -0.751. The first-order chi connectivity index (χ1) is 10.2. The molecule has 0 amide bonds. The first-order valence-electron chi connectivity index (χ1n) is 7.36. The van der Waals surface area contributed by atoms with Crippen LogP contribution >= 0.6 is 0 Å². The van der Waals surface area contributed by atoms with E-state index in [1.807, 2.05) is 42.5 Å². The highest BCUT2D eigenvalue weighted by Gasteiger charge is 2.35. The van der Waals surface area contributed by atoms with Gasteiger partial charge in [-0.1, -0.05) is 42.5 Å². The molecule has 0 aliphatic heterocycles. The summed E-state index contributed by atoms with van der Waals surface area (Å²) in [5, 5.41) is 14.2. The van der Waals surface area contributed by atoms with Gasteiger partial charge in [0.1, 0.15) is 11.4 Å². The van der Waals surface area contributed by atoms with Crippen molar-refractivity contribution < 1.29 is 9.84 Å². The molecule has 3 nitrogen and oxygen atoms in total. The second kappa shape index (κ2) is 5.88. The number of hydrogen-bond donors (Lipinski definition) is 2. The van der Waals surface area contributed by atoms with Crippen LogP contribution in [0.4, 0.5) is 0 Å². The molecule has 0 saturated carbocycles. The van der Waals surface area contributed by atoms with Crippen LogP contribution in [-0.4, -0.2) is 18.8 Å². The normalized spacial score (nSPS) is 20.3. The van der Waals surface area contributed by atoms with Crippen LogP contribution in [0, 0.1) is 0 Å². The zero-order valence-corrected chi connectivity index (χ0v) is 12.3. The van der Waals surface area contributed by atoms with Gasteiger partial charge in [-0.25, -0.2) is 0 Å². The molecule has 1 atom stereocenters. The predicted molar refractivity (Wildman–Crippen MR) is 83.4 cm³/mol. The standard InChI is InChI=1S/C18H21NO2/c1-21-17-9-5-3-7-15(17)12-19-13-18(20)11-10-14-6-2-4-8-16(14)18/h2-9,19-20H,10-13H2,1H3. The fourth-order valence-electron chi connectivity index (χ4n) is 3.11. The van der Waals surface area contributed by atoms with Crippen LogP contribution in [0.5, 0.6) is 5.75 Å². The number of benzene rings is 2. The van der Waals surface area contributed by atoms with Crippen molar-refractivity contribution in [2.45, 2.75) is 25.0 Å². The molecule has 0 fully saturated rings. The number of aryl methyl sites for hydroxylation is 1. The van der Waals surface area contributed by atoms with Gasteiger partial charge in [0.05, 0.1) is 7.11 Å². The van der Waals surface area contributed by atoms with Crippen LogP contribution in [0.1, 0.15) is 23.1 Å². The summed E-state index contributed by atoms with van der Waals surface area (Å²) in [7, 11) is 1.68. The Bertz CT molecular complexity index is 626. The number of rotatable bonds is 5. The fourth-order valence-corrected chi connectivity index (χ4v) is 3.11. The maximum Gasteiger partial charge on any atom is 0.123 e. The molecule has 1 aliphatic carbocycles. The number of fused-ring (bicyclic) bond motifs is 1. The van der Waals surface area contributed by atoms with Gasteiger partial charge in [0, 0.05) is 18.7 Å². The molecule has 3 rings (SSSR count). The number of nitrogens with one attached hydrogen (secondary N) is 1. The van der Waals surface area contributed by atoms with Crippen LogP contribution in [-0.2, 0) is 18.6 Å². The Morgan fingerprint density at radius 3 is 2.76 bits per heavy atom. The summed E-state index contributed by atoms with van der Waals surface area (Å²) in [4.78, 5) is 0. The first kappa shape index (κ1) is 14.1. The topological polar surface area (TPSA) is 41.5 Å². The van der Waals surface area contributed by atoms with Gasteiger partial charge >= 0.3 is 0 Å². The molecule has 0 aromatic heterocycles. The largest absolute Gasteiger partial charge is 0.496 e. The highest BCUT2D eigenvalue weighted by molar-refractivity contribution is 5.37. The smallest absolute Gasteiger partial charge is 0.123 e. The van der Waals surface area contributed by atoms with Crippen LogP contribution in [0.2, 0.25) is 0 Å². The van der Waals surface area contributed by atoms with Crippen LogP contribution in [0.15, 0.2) is 48.5 Å². The zero-order chi connectivity index (χ0) is 14.7. The molecule has 1 unspecified atom stereocenters. The number of para-hydroxylation sites is 1. The summed E-state index contributed by atoms with van der Waals surface area (Å²) in [6.07, 6.45) is 1.73. The molecule has 110 valence electrons. The minimum absolute atomic E-state index is 0.558. The van der Waals surface area contributed by atoms with Crippen LogP contribution in [0.25, 0.3) is 0 Å². The van der Waals surface area contributed by atoms with Crippen molar-refractivity contribution in [3.05, 3.63) is 65.2 Å². The third kappa shape index (κ3) is 2.80. The number of aliphatic hydroxyl groups is 1. The van der Waals surface area contributed by atoms with Crippen molar-refractivity contribution in [3.63, 3.8) is 0 Å². The average Bonchev–Trinajstić information content (AvgIpc) is 2.86. The molecule has 3 heteroatoms. The molecule has 0 radical (unpaired) electrons. The molecule has 21 heavy (non-hydrogen) atoms. The monoisotopic (exact) mass is 283 g/mol. The van der Waals surface area contributed by atoms with E-state index in [1.54, 1.807) is 7.11 Å². The lowest BCUT2D eigenvalue weighted by Crippen LogP contribution is -2.36. The van der Waals surface area contributed by atoms with E-state index in [0.29, 0.717) is 13.1 Å². The molecule has 0 heterocycles. The van der Waals surface area contributed by atoms with E-state index in [-0.39, 0.29) is 0 Å². The summed E-state index contributed by atoms with van der Waals surface area (Å²) >= 11 is 0. The Hall–Kier alpha value is -1.84. The van der Waals surface area contributed by atoms with Crippen molar-refractivity contribution in [2.75, 3.05) is 13.7 Å². The summed E-state index contributed by atoms with van der Waals surface area (Å²) in [5.41, 5.74) is 2.69. The Kier molecular flexibility index (Phi) is 3.95. The molecular formula is C18H21NO2. The van der Waals surface area contributed by atoms with E-state index in [1.165, 1.54) is 5.56 Å². The lowest BCUT2D eigenvalue weighted by Gasteiger charge is -2.24. The summed E-state index contributed by atoms with van der Waals surface area (Å²) < 4.78 is 5.35. The molecule has 1 aliphatic rings. The Balaban J connectivity index is 1.66. The van der Waals surface area contributed by atoms with E-state index in [4.69, 9.17) is 4.74 Å². The van der Waals surface area contributed by atoms with Gasteiger partial charge in [0.15, 0.2) is 0 Å². The van der Waals surface area contributed by atoms with Crippen molar-refractivity contribution in [2.24, 2.45) is 0 Å². The van der Waals surface area contributed by atoms with Gasteiger partial charge in [0.2, 0.25) is 0 Å². The van der Waals surface area contributed by atoms with E-state index in [2.05, 4.69) is 11.4 Å². The Morgan fingerprint density at radius 2 is 1.90 bits per heavy atom. The third-order valence-electron chi connectivity index (χ3n) is 4.25.